The van der Waals surface area contributed by atoms with Gasteiger partial charge in [0.2, 0.25) is 5.91 Å². The summed E-state index contributed by atoms with van der Waals surface area (Å²) in [5.74, 6) is 1.23. The summed E-state index contributed by atoms with van der Waals surface area (Å²) in [6.45, 7) is 8.43. The number of hydrogen-bond donors (Lipinski definition) is 2. The van der Waals surface area contributed by atoms with Crippen LogP contribution < -0.4 is 20.5 Å². The van der Waals surface area contributed by atoms with E-state index >= 15 is 0 Å². The van der Waals surface area contributed by atoms with Gasteiger partial charge in [-0.05, 0) is 32.0 Å². The molecule has 0 aliphatic heterocycles. The minimum absolute atomic E-state index is 0.00471. The number of methoxy groups -OCH3 is 2. The summed E-state index contributed by atoms with van der Waals surface area (Å²) in [5.41, 5.74) is 5.92. The molecule has 6 heteroatoms. The predicted molar refractivity (Wildman–Crippen MR) is 96.8 cm³/mol. The van der Waals surface area contributed by atoms with E-state index in [4.69, 9.17) is 19.9 Å². The first kappa shape index (κ1) is 19.5. The van der Waals surface area contributed by atoms with Gasteiger partial charge in [-0.3, -0.25) is 4.79 Å². The number of carbonyl (C=O) groups excluding carboxylic acids is 1. The van der Waals surface area contributed by atoms with E-state index < -0.39 is 11.0 Å². The number of hydrogen-bond acceptors (Lipinski definition) is 5. The Morgan fingerprint density at radius 1 is 1.36 bits per heavy atom. The van der Waals surface area contributed by atoms with Gasteiger partial charge in [0.15, 0.2) is 0 Å². The number of ether oxygens (including phenoxy) is 3. The first-order valence-corrected chi connectivity index (χ1v) is 8.64. The summed E-state index contributed by atoms with van der Waals surface area (Å²) in [6.07, 6.45) is 0.511. The van der Waals surface area contributed by atoms with Crippen molar-refractivity contribution in [1.82, 2.24) is 5.32 Å². The molecule has 2 rings (SSSR count). The second-order valence-corrected chi connectivity index (χ2v) is 7.14. The van der Waals surface area contributed by atoms with Crippen molar-refractivity contribution in [2.24, 2.45) is 11.1 Å². The molecule has 6 nitrogen and oxygen atoms in total. The van der Waals surface area contributed by atoms with E-state index in [-0.39, 0.29) is 18.1 Å². The molecule has 140 valence electrons. The maximum Gasteiger partial charge on any atom is 0.241 e. The first-order valence-electron chi connectivity index (χ1n) is 8.64. The average Bonchev–Trinajstić information content (AvgIpc) is 2.60. The number of rotatable bonds is 7. The Bertz CT molecular complexity index is 632. The highest BCUT2D eigenvalue weighted by Gasteiger charge is 2.62. The van der Waals surface area contributed by atoms with Crippen LogP contribution in [0.15, 0.2) is 18.2 Å². The smallest absolute Gasteiger partial charge is 0.241 e. The number of amides is 1. The quantitative estimate of drug-likeness (QED) is 0.789. The topological polar surface area (TPSA) is 82.8 Å². The molecule has 0 heterocycles. The number of nitrogens with two attached hydrogens (primary N) is 1. The summed E-state index contributed by atoms with van der Waals surface area (Å²) in [5, 5.41) is 3.03. The number of nitrogens with one attached hydrogen (secondary N) is 1. The van der Waals surface area contributed by atoms with Crippen LogP contribution in [0.4, 0.5) is 0 Å². The van der Waals surface area contributed by atoms with Crippen molar-refractivity contribution in [2.75, 3.05) is 20.8 Å². The van der Waals surface area contributed by atoms with Gasteiger partial charge in [0.25, 0.3) is 0 Å². The molecular formula is C19H30N2O4. The van der Waals surface area contributed by atoms with Crippen molar-refractivity contribution < 1.29 is 19.0 Å². The fraction of sp³-hybridized carbons (Fsp3) is 0.632. The molecule has 1 fully saturated rings. The highest BCUT2D eigenvalue weighted by atomic mass is 16.5. The van der Waals surface area contributed by atoms with Crippen LogP contribution in [0.1, 0.15) is 45.7 Å². The summed E-state index contributed by atoms with van der Waals surface area (Å²) >= 11 is 0. The van der Waals surface area contributed by atoms with E-state index in [0.29, 0.717) is 24.5 Å². The second kappa shape index (κ2) is 7.22. The zero-order valence-corrected chi connectivity index (χ0v) is 16.0. The van der Waals surface area contributed by atoms with Crippen molar-refractivity contribution in [2.45, 2.75) is 51.8 Å². The molecule has 1 aliphatic rings. The summed E-state index contributed by atoms with van der Waals surface area (Å²) in [7, 11) is 3.21. The second-order valence-electron chi connectivity index (χ2n) is 7.14. The van der Waals surface area contributed by atoms with Crippen molar-refractivity contribution in [3.63, 3.8) is 0 Å². The highest BCUT2D eigenvalue weighted by molar-refractivity contribution is 5.89. The van der Waals surface area contributed by atoms with Crippen molar-refractivity contribution in [3.05, 3.63) is 23.8 Å². The summed E-state index contributed by atoms with van der Waals surface area (Å²) in [4.78, 5) is 12.9. The lowest BCUT2D eigenvalue weighted by atomic mass is 9.54. The van der Waals surface area contributed by atoms with Crippen LogP contribution in [0.3, 0.4) is 0 Å². The Morgan fingerprint density at radius 2 is 2.04 bits per heavy atom. The van der Waals surface area contributed by atoms with Gasteiger partial charge in [0, 0.05) is 24.0 Å². The van der Waals surface area contributed by atoms with Gasteiger partial charge in [-0.25, -0.2) is 0 Å². The molecule has 3 unspecified atom stereocenters. The van der Waals surface area contributed by atoms with E-state index in [2.05, 4.69) is 5.32 Å². The Kier molecular flexibility index (Phi) is 5.64. The lowest BCUT2D eigenvalue weighted by Crippen LogP contribution is -2.75. The zero-order chi connectivity index (χ0) is 18.8. The number of benzene rings is 1. The van der Waals surface area contributed by atoms with E-state index in [1.807, 2.05) is 45.9 Å². The minimum atomic E-state index is -0.951. The maximum atomic E-state index is 12.9. The van der Waals surface area contributed by atoms with Crippen molar-refractivity contribution in [3.8, 4) is 11.5 Å². The molecule has 0 saturated heterocycles. The molecule has 0 radical (unpaired) electrons. The minimum Gasteiger partial charge on any atom is -0.497 e. The van der Waals surface area contributed by atoms with Crippen LogP contribution in [-0.4, -0.2) is 38.4 Å². The molecule has 0 bridgehead atoms. The van der Waals surface area contributed by atoms with Crippen LogP contribution in [-0.2, 0) is 9.53 Å². The fourth-order valence-corrected chi connectivity index (χ4v) is 3.40. The van der Waals surface area contributed by atoms with Gasteiger partial charge in [-0.2, -0.15) is 0 Å². The van der Waals surface area contributed by atoms with Gasteiger partial charge in [-0.1, -0.05) is 13.8 Å². The zero-order valence-electron chi connectivity index (χ0n) is 16.0. The van der Waals surface area contributed by atoms with E-state index in [9.17, 15) is 4.79 Å². The van der Waals surface area contributed by atoms with Crippen LogP contribution in [0.2, 0.25) is 0 Å². The highest BCUT2D eigenvalue weighted by Crippen LogP contribution is 2.50. The van der Waals surface area contributed by atoms with Crippen molar-refractivity contribution in [1.29, 1.82) is 0 Å². The standard InChI is InChI=1S/C19H30N2O4/c1-7-25-16-11-19(20,18(16,3)4)17(22)21-12(2)14-10-13(23-5)8-9-15(14)24-6/h8-10,12,16H,7,11,20H2,1-6H3,(H,21,22). The lowest BCUT2D eigenvalue weighted by Gasteiger charge is -2.57. The average molecular weight is 350 g/mol. The van der Waals surface area contributed by atoms with E-state index in [1.165, 1.54) is 0 Å². The lowest BCUT2D eigenvalue weighted by molar-refractivity contribution is -0.171. The third-order valence-corrected chi connectivity index (χ3v) is 5.49. The largest absolute Gasteiger partial charge is 0.497 e. The molecule has 3 atom stereocenters. The maximum absolute atomic E-state index is 12.9. The molecule has 1 saturated carbocycles. The molecule has 3 N–H and O–H groups in total. The Balaban J connectivity index is 2.16. The molecular weight excluding hydrogens is 320 g/mol. The van der Waals surface area contributed by atoms with Gasteiger partial charge in [0.05, 0.1) is 26.4 Å². The van der Waals surface area contributed by atoms with Crippen molar-refractivity contribution >= 4 is 5.91 Å². The summed E-state index contributed by atoms with van der Waals surface area (Å²) in [6, 6.07) is 5.25. The molecule has 25 heavy (non-hydrogen) atoms. The normalized spacial score (nSPS) is 25.6. The monoisotopic (exact) mass is 350 g/mol. The first-order chi connectivity index (χ1) is 11.7. The van der Waals surface area contributed by atoms with Gasteiger partial charge in [0.1, 0.15) is 17.0 Å². The summed E-state index contributed by atoms with van der Waals surface area (Å²) < 4.78 is 16.4. The Labute approximate surface area is 150 Å². The van der Waals surface area contributed by atoms with Gasteiger partial charge < -0.3 is 25.3 Å². The van der Waals surface area contributed by atoms with Gasteiger partial charge in [-0.15, -0.1) is 0 Å². The van der Waals surface area contributed by atoms with Gasteiger partial charge >= 0.3 is 0 Å². The van der Waals surface area contributed by atoms with E-state index in [1.54, 1.807) is 14.2 Å². The fourth-order valence-electron chi connectivity index (χ4n) is 3.40. The van der Waals surface area contributed by atoms with Crippen LogP contribution >= 0.6 is 0 Å². The molecule has 1 amide bonds. The SMILES string of the molecule is CCOC1CC(N)(C(=O)NC(C)c2cc(OC)ccc2OC)C1(C)C. The third kappa shape index (κ3) is 3.33. The van der Waals surface area contributed by atoms with Crippen LogP contribution in [0.25, 0.3) is 0 Å². The Morgan fingerprint density at radius 3 is 2.56 bits per heavy atom. The number of carbonyl (C=O) groups is 1. The third-order valence-electron chi connectivity index (χ3n) is 5.49. The molecule has 1 aliphatic carbocycles. The molecule has 1 aromatic rings. The van der Waals surface area contributed by atoms with E-state index in [0.717, 1.165) is 5.56 Å². The molecule has 0 aromatic heterocycles. The van der Waals surface area contributed by atoms with Crippen LogP contribution in [0.5, 0.6) is 11.5 Å². The molecule has 1 aromatic carbocycles. The predicted octanol–water partition coefficient (Wildman–Crippen LogP) is 2.41. The Hall–Kier alpha value is -1.79. The van der Waals surface area contributed by atoms with Crippen LogP contribution in [0, 0.1) is 5.41 Å². The molecule has 0 spiro atoms.